The summed E-state index contributed by atoms with van der Waals surface area (Å²) in [4.78, 5) is 63.4. The minimum absolute atomic E-state index is 0.0211. The van der Waals surface area contributed by atoms with Crippen LogP contribution in [0.2, 0.25) is 0 Å². The number of benzene rings is 1. The molecule has 1 amide bonds. The van der Waals surface area contributed by atoms with E-state index in [4.69, 9.17) is 20.2 Å². The molecule has 0 radical (unpaired) electrons. The average Bonchev–Trinajstić information content (AvgIpc) is 3.38. The number of amides is 1. The molecule has 3 aromatic heterocycles. The Bertz CT molecular complexity index is 1800. The van der Waals surface area contributed by atoms with Crippen LogP contribution in [0.3, 0.4) is 0 Å². The number of fused-ring (bicyclic) bond motifs is 3. The van der Waals surface area contributed by atoms with Crippen LogP contribution in [-0.2, 0) is 40.2 Å². The number of nitrogen functional groups attached to an aromatic ring is 1. The number of rotatable bonds is 12. The fourth-order valence-electron chi connectivity index (χ4n) is 5.22. The summed E-state index contributed by atoms with van der Waals surface area (Å²) in [7, 11) is 3.04. The zero-order valence-electron chi connectivity index (χ0n) is 24.1. The monoisotopic (exact) mass is 626 g/mol. The summed E-state index contributed by atoms with van der Waals surface area (Å²) >= 11 is 2.65. The van der Waals surface area contributed by atoms with Crippen molar-refractivity contribution in [3.63, 3.8) is 0 Å². The number of thioether (sulfide) groups is 1. The molecule has 0 saturated heterocycles. The predicted molar refractivity (Wildman–Crippen MR) is 169 cm³/mol. The van der Waals surface area contributed by atoms with E-state index in [2.05, 4.69) is 4.98 Å². The first kappa shape index (κ1) is 30.7. The molecule has 1 aromatic carbocycles. The van der Waals surface area contributed by atoms with E-state index in [1.807, 2.05) is 30.3 Å². The molecule has 0 aliphatic heterocycles. The molecule has 0 fully saturated rings. The van der Waals surface area contributed by atoms with E-state index in [1.165, 1.54) is 21.5 Å². The molecule has 3 N–H and O–H groups in total. The molecule has 0 atom stereocenters. The highest BCUT2D eigenvalue weighted by molar-refractivity contribution is 7.99. The summed E-state index contributed by atoms with van der Waals surface area (Å²) in [6, 6.07) is 9.18. The van der Waals surface area contributed by atoms with Gasteiger partial charge in [-0.15, -0.1) is 11.3 Å². The van der Waals surface area contributed by atoms with Crippen molar-refractivity contribution in [1.82, 2.24) is 19.1 Å². The first-order valence-corrected chi connectivity index (χ1v) is 15.8. The molecule has 1 aliphatic carbocycles. The smallest absolute Gasteiger partial charge is 0.330 e. The summed E-state index contributed by atoms with van der Waals surface area (Å²) in [5.41, 5.74) is 6.55. The van der Waals surface area contributed by atoms with E-state index in [0.717, 1.165) is 48.6 Å². The lowest BCUT2D eigenvalue weighted by Gasteiger charge is -2.24. The van der Waals surface area contributed by atoms with Crippen molar-refractivity contribution in [3.05, 3.63) is 77.5 Å². The van der Waals surface area contributed by atoms with Crippen molar-refractivity contribution < 1.29 is 14.3 Å². The Morgan fingerprint density at radius 1 is 1.09 bits per heavy atom. The molecular weight excluding hydrogens is 592 g/mol. The van der Waals surface area contributed by atoms with Crippen LogP contribution in [0.1, 0.15) is 28.8 Å². The molecule has 4 aromatic rings. The second-order valence-electron chi connectivity index (χ2n) is 10.1. The Morgan fingerprint density at radius 3 is 2.58 bits per heavy atom. The first-order chi connectivity index (χ1) is 20.8. The van der Waals surface area contributed by atoms with Gasteiger partial charge >= 0.3 is 5.69 Å². The number of hydrogen-bond donors (Lipinski definition) is 2. The third-order valence-electron chi connectivity index (χ3n) is 7.37. The van der Waals surface area contributed by atoms with Crippen molar-refractivity contribution >= 4 is 50.7 Å². The van der Waals surface area contributed by atoms with E-state index in [9.17, 15) is 19.2 Å². The Kier molecular flexibility index (Phi) is 9.80. The quantitative estimate of drug-likeness (QED) is 0.178. The number of H-pyrrole nitrogens is 1. The van der Waals surface area contributed by atoms with Crippen LogP contribution < -0.4 is 27.4 Å². The number of nitrogens with one attached hydrogen (secondary N) is 1. The fourth-order valence-corrected chi connectivity index (χ4v) is 7.42. The molecule has 0 bridgehead atoms. The van der Waals surface area contributed by atoms with Gasteiger partial charge in [-0.25, -0.2) is 9.78 Å². The van der Waals surface area contributed by atoms with Gasteiger partial charge in [-0.05, 0) is 36.8 Å². The molecule has 43 heavy (non-hydrogen) atoms. The molecule has 3 heterocycles. The zero-order valence-corrected chi connectivity index (χ0v) is 25.7. The molecule has 0 spiro atoms. The van der Waals surface area contributed by atoms with E-state index in [0.29, 0.717) is 22.0 Å². The Hall–Kier alpha value is -3.72. The van der Waals surface area contributed by atoms with Gasteiger partial charge in [0.25, 0.3) is 11.1 Å². The minimum Gasteiger partial charge on any atom is -0.383 e. The summed E-state index contributed by atoms with van der Waals surface area (Å²) in [6.07, 6.45) is 3.93. The molecule has 14 heteroatoms. The van der Waals surface area contributed by atoms with Crippen molar-refractivity contribution in [3.8, 4) is 0 Å². The summed E-state index contributed by atoms with van der Waals surface area (Å²) in [5, 5.41) is 1.05. The van der Waals surface area contributed by atoms with Crippen molar-refractivity contribution in [2.45, 2.75) is 43.9 Å². The van der Waals surface area contributed by atoms with E-state index in [1.54, 1.807) is 23.0 Å². The molecule has 228 valence electrons. The first-order valence-electron chi connectivity index (χ1n) is 14.0. The van der Waals surface area contributed by atoms with E-state index in [-0.39, 0.29) is 49.1 Å². The van der Waals surface area contributed by atoms with Crippen LogP contribution >= 0.6 is 23.1 Å². The molecule has 5 rings (SSSR count). The number of hydrogen-bond acceptors (Lipinski definition) is 10. The third kappa shape index (κ3) is 6.47. The van der Waals surface area contributed by atoms with Crippen LogP contribution in [0, 0.1) is 0 Å². The maximum atomic E-state index is 13.7. The highest BCUT2D eigenvalue weighted by atomic mass is 32.2. The lowest BCUT2D eigenvalue weighted by atomic mass is 9.97. The second kappa shape index (κ2) is 13.7. The number of nitrogens with two attached hydrogens (primary N) is 1. The summed E-state index contributed by atoms with van der Waals surface area (Å²) in [6.45, 7) is 0.834. The zero-order chi connectivity index (χ0) is 30.5. The largest absolute Gasteiger partial charge is 0.383 e. The lowest BCUT2D eigenvalue weighted by molar-refractivity contribution is -0.116. The Labute approximate surface area is 255 Å². The van der Waals surface area contributed by atoms with E-state index >= 15 is 0 Å². The lowest BCUT2D eigenvalue weighted by Crippen LogP contribution is -2.43. The predicted octanol–water partition coefficient (Wildman–Crippen LogP) is 2.24. The number of carbonyl (C=O) groups is 1. The number of aromatic amines is 1. The van der Waals surface area contributed by atoms with Gasteiger partial charge in [0, 0.05) is 25.6 Å². The number of ether oxygens (including phenoxy) is 2. The maximum absolute atomic E-state index is 13.7. The maximum Gasteiger partial charge on any atom is 0.330 e. The molecule has 0 unspecified atom stereocenters. The highest BCUT2D eigenvalue weighted by Gasteiger charge is 2.26. The van der Waals surface area contributed by atoms with Gasteiger partial charge in [0.05, 0.1) is 37.4 Å². The Balaban J connectivity index is 1.48. The van der Waals surface area contributed by atoms with Gasteiger partial charge in [-0.2, -0.15) is 0 Å². The van der Waals surface area contributed by atoms with E-state index < -0.39 is 17.2 Å². The molecule has 1 aliphatic rings. The number of aryl methyl sites for hydroxylation is 2. The van der Waals surface area contributed by atoms with Crippen LogP contribution in [0.4, 0.5) is 11.5 Å². The number of methoxy groups -OCH3 is 2. The second-order valence-corrected chi connectivity index (χ2v) is 12.2. The highest BCUT2D eigenvalue weighted by Crippen LogP contribution is 2.35. The summed E-state index contributed by atoms with van der Waals surface area (Å²) < 4.78 is 13.3. The third-order valence-corrected chi connectivity index (χ3v) is 9.52. The van der Waals surface area contributed by atoms with Crippen molar-refractivity contribution in [2.75, 3.05) is 50.4 Å². The SMILES string of the molecule is COCCN(C(=O)CSc1nc2sc3c(c2c(=O)n1CCOC)CCCC3)c1c(N)n(Cc2ccccc2)c(=O)[nH]c1=O. The van der Waals surface area contributed by atoms with Gasteiger partial charge < -0.3 is 20.1 Å². The standard InChI is InChI=1S/C29H34N6O6S2/c1-40-14-12-33(23-24(30)35(28(39)31-25(23)37)16-18-8-4-3-5-9-18)21(36)17-42-29-32-26-22(27(38)34(29)13-15-41-2)19-10-6-7-11-20(19)43-26/h3-5,8-9H,6-7,10-17,30H2,1-2H3,(H,31,37,39). The van der Waals surface area contributed by atoms with Crippen LogP contribution in [0.15, 0.2) is 49.9 Å². The van der Waals surface area contributed by atoms with Crippen molar-refractivity contribution in [1.29, 1.82) is 0 Å². The Morgan fingerprint density at radius 2 is 1.84 bits per heavy atom. The number of nitrogens with zero attached hydrogens (tertiary/aromatic N) is 4. The number of thiophene rings is 1. The van der Waals surface area contributed by atoms with Gasteiger partial charge in [-0.1, -0.05) is 42.1 Å². The topological polar surface area (TPSA) is 155 Å². The van der Waals surface area contributed by atoms with Crippen molar-refractivity contribution in [2.24, 2.45) is 0 Å². The number of aromatic nitrogens is 4. The average molecular weight is 627 g/mol. The normalized spacial score (nSPS) is 12.9. The molecule has 0 saturated carbocycles. The molecular formula is C29H34N6O6S2. The van der Waals surface area contributed by atoms with Crippen LogP contribution in [0.5, 0.6) is 0 Å². The number of carbonyl (C=O) groups excluding carboxylic acids is 1. The van der Waals surface area contributed by atoms with Gasteiger partial charge in [0.2, 0.25) is 5.91 Å². The van der Waals surface area contributed by atoms with Crippen LogP contribution in [-0.4, -0.2) is 64.7 Å². The number of anilines is 2. The fraction of sp³-hybridized carbons (Fsp3) is 0.414. The van der Waals surface area contributed by atoms with Gasteiger partial charge in [-0.3, -0.25) is 28.5 Å². The molecule has 12 nitrogen and oxygen atoms in total. The summed E-state index contributed by atoms with van der Waals surface area (Å²) in [5.74, 6) is -0.730. The van der Waals surface area contributed by atoms with Gasteiger partial charge in [0.15, 0.2) is 10.8 Å². The van der Waals surface area contributed by atoms with Crippen LogP contribution in [0.25, 0.3) is 10.2 Å². The van der Waals surface area contributed by atoms with Gasteiger partial charge in [0.1, 0.15) is 10.6 Å². The minimum atomic E-state index is -0.776.